The third-order valence-corrected chi connectivity index (χ3v) is 2.76. The lowest BCUT2D eigenvalue weighted by Crippen LogP contribution is -2.28. The molecule has 1 heterocycles. The average molecular weight is 219 g/mol. The van der Waals surface area contributed by atoms with Crippen LogP contribution >= 0.6 is 0 Å². The summed E-state index contributed by atoms with van der Waals surface area (Å²) in [4.78, 5) is 3.14. The zero-order valence-electron chi connectivity index (χ0n) is 9.66. The van der Waals surface area contributed by atoms with Crippen molar-refractivity contribution in [2.45, 2.75) is 19.4 Å². The van der Waals surface area contributed by atoms with Crippen LogP contribution in [0.25, 0.3) is 10.9 Å². The van der Waals surface area contributed by atoms with Crippen LogP contribution in [0.3, 0.4) is 0 Å². The van der Waals surface area contributed by atoms with Crippen LogP contribution in [-0.2, 0) is 10.3 Å². The molecule has 0 aliphatic carbocycles. The molecule has 3 nitrogen and oxygen atoms in total. The van der Waals surface area contributed by atoms with E-state index in [9.17, 15) is 5.11 Å². The van der Waals surface area contributed by atoms with Gasteiger partial charge in [0.25, 0.3) is 0 Å². The first-order chi connectivity index (χ1) is 7.65. The van der Waals surface area contributed by atoms with Gasteiger partial charge in [0.2, 0.25) is 0 Å². The molecule has 0 aliphatic rings. The van der Waals surface area contributed by atoms with Crippen molar-refractivity contribution < 1.29 is 9.84 Å². The van der Waals surface area contributed by atoms with E-state index in [4.69, 9.17) is 4.74 Å². The molecule has 16 heavy (non-hydrogen) atoms. The number of benzene rings is 1. The molecule has 0 aliphatic heterocycles. The Bertz CT molecular complexity index is 473. The quantitative estimate of drug-likeness (QED) is 0.829. The zero-order chi connectivity index (χ0) is 11.6. The van der Waals surface area contributed by atoms with Crippen LogP contribution in [0.5, 0.6) is 0 Å². The van der Waals surface area contributed by atoms with Crippen molar-refractivity contribution in [3.05, 3.63) is 36.0 Å². The Labute approximate surface area is 95.1 Å². The highest BCUT2D eigenvalue weighted by atomic mass is 16.5. The topological polar surface area (TPSA) is 45.2 Å². The van der Waals surface area contributed by atoms with E-state index < -0.39 is 5.60 Å². The highest BCUT2D eigenvalue weighted by molar-refractivity contribution is 5.83. The maximum Gasteiger partial charge on any atom is 0.111 e. The Morgan fingerprint density at radius 3 is 2.94 bits per heavy atom. The molecule has 0 amide bonds. The van der Waals surface area contributed by atoms with E-state index in [1.807, 2.05) is 37.4 Å². The van der Waals surface area contributed by atoms with Crippen molar-refractivity contribution >= 4 is 10.9 Å². The summed E-state index contributed by atoms with van der Waals surface area (Å²) >= 11 is 0. The van der Waals surface area contributed by atoms with Crippen molar-refractivity contribution in [2.24, 2.45) is 0 Å². The van der Waals surface area contributed by atoms with Gasteiger partial charge in [0.1, 0.15) is 5.60 Å². The van der Waals surface area contributed by atoms with Crippen LogP contribution in [-0.4, -0.2) is 23.3 Å². The maximum atomic E-state index is 10.4. The molecule has 0 radical (unpaired) electrons. The molecule has 2 rings (SSSR count). The second kappa shape index (κ2) is 4.28. The van der Waals surface area contributed by atoms with Gasteiger partial charge in [-0.3, -0.25) is 0 Å². The molecule has 1 atom stereocenters. The SMILES string of the molecule is CCOCC(C)(O)c1cccc2[nH]ccc12. The number of hydrogen-bond acceptors (Lipinski definition) is 2. The fraction of sp³-hybridized carbons (Fsp3) is 0.385. The molecule has 2 aromatic rings. The molecule has 0 saturated heterocycles. The van der Waals surface area contributed by atoms with E-state index in [1.54, 1.807) is 6.92 Å². The average Bonchev–Trinajstić information content (AvgIpc) is 2.73. The minimum Gasteiger partial charge on any atom is -0.383 e. The summed E-state index contributed by atoms with van der Waals surface area (Å²) in [6, 6.07) is 7.85. The summed E-state index contributed by atoms with van der Waals surface area (Å²) in [7, 11) is 0. The van der Waals surface area contributed by atoms with Crippen molar-refractivity contribution in [2.75, 3.05) is 13.2 Å². The minimum atomic E-state index is -0.947. The molecular weight excluding hydrogens is 202 g/mol. The molecule has 1 unspecified atom stereocenters. The Morgan fingerprint density at radius 2 is 2.19 bits per heavy atom. The number of aliphatic hydroxyl groups is 1. The van der Waals surface area contributed by atoms with Crippen molar-refractivity contribution in [3.8, 4) is 0 Å². The highest BCUT2D eigenvalue weighted by Gasteiger charge is 2.25. The molecule has 1 aromatic carbocycles. The third kappa shape index (κ3) is 1.96. The van der Waals surface area contributed by atoms with Crippen molar-refractivity contribution in [3.63, 3.8) is 0 Å². The van der Waals surface area contributed by atoms with E-state index in [1.165, 1.54) is 0 Å². The predicted octanol–water partition coefficient (Wildman–Crippen LogP) is 2.41. The lowest BCUT2D eigenvalue weighted by Gasteiger charge is -2.24. The first-order valence-electron chi connectivity index (χ1n) is 5.52. The standard InChI is InChI=1S/C13H17NO2/c1-3-16-9-13(2,15)11-5-4-6-12-10(11)7-8-14-12/h4-8,14-15H,3,9H2,1-2H3. The number of aromatic nitrogens is 1. The molecular formula is C13H17NO2. The summed E-state index contributed by atoms with van der Waals surface area (Å²) < 4.78 is 5.32. The zero-order valence-corrected chi connectivity index (χ0v) is 9.66. The van der Waals surface area contributed by atoms with Crippen LogP contribution in [0.4, 0.5) is 0 Å². The van der Waals surface area contributed by atoms with Gasteiger partial charge in [-0.05, 0) is 31.5 Å². The van der Waals surface area contributed by atoms with Gasteiger partial charge in [-0.25, -0.2) is 0 Å². The number of rotatable bonds is 4. The number of fused-ring (bicyclic) bond motifs is 1. The van der Waals surface area contributed by atoms with Gasteiger partial charge in [0.15, 0.2) is 0 Å². The van der Waals surface area contributed by atoms with E-state index in [0.29, 0.717) is 13.2 Å². The molecule has 0 fully saturated rings. The maximum absolute atomic E-state index is 10.4. The summed E-state index contributed by atoms with van der Waals surface area (Å²) in [6.07, 6.45) is 1.88. The van der Waals surface area contributed by atoms with Crippen LogP contribution < -0.4 is 0 Å². The van der Waals surface area contributed by atoms with Crippen LogP contribution in [0, 0.1) is 0 Å². The molecule has 3 heteroatoms. The van der Waals surface area contributed by atoms with Gasteiger partial charge in [0.05, 0.1) is 6.61 Å². The summed E-state index contributed by atoms with van der Waals surface area (Å²) in [5.74, 6) is 0. The summed E-state index contributed by atoms with van der Waals surface area (Å²) in [5, 5.41) is 11.4. The Morgan fingerprint density at radius 1 is 1.38 bits per heavy atom. The largest absolute Gasteiger partial charge is 0.383 e. The van der Waals surface area contributed by atoms with Gasteiger partial charge in [-0.1, -0.05) is 12.1 Å². The van der Waals surface area contributed by atoms with Crippen LogP contribution in [0.2, 0.25) is 0 Å². The Hall–Kier alpha value is -1.32. The first-order valence-corrected chi connectivity index (χ1v) is 5.52. The van der Waals surface area contributed by atoms with E-state index in [2.05, 4.69) is 4.98 Å². The summed E-state index contributed by atoms with van der Waals surface area (Å²) in [6.45, 7) is 4.63. The number of aromatic amines is 1. The summed E-state index contributed by atoms with van der Waals surface area (Å²) in [5.41, 5.74) is 0.992. The first kappa shape index (κ1) is 11.2. The number of ether oxygens (including phenoxy) is 1. The number of hydrogen-bond donors (Lipinski definition) is 2. The fourth-order valence-corrected chi connectivity index (χ4v) is 1.93. The molecule has 0 spiro atoms. The van der Waals surface area contributed by atoms with Crippen LogP contribution in [0.1, 0.15) is 19.4 Å². The van der Waals surface area contributed by atoms with Gasteiger partial charge in [-0.15, -0.1) is 0 Å². The van der Waals surface area contributed by atoms with Gasteiger partial charge >= 0.3 is 0 Å². The van der Waals surface area contributed by atoms with E-state index >= 15 is 0 Å². The normalized spacial score (nSPS) is 15.2. The van der Waals surface area contributed by atoms with Crippen LogP contribution in [0.15, 0.2) is 30.5 Å². The number of nitrogens with one attached hydrogen (secondary N) is 1. The molecule has 86 valence electrons. The minimum absolute atomic E-state index is 0.313. The second-order valence-electron chi connectivity index (χ2n) is 4.16. The van der Waals surface area contributed by atoms with E-state index in [-0.39, 0.29) is 0 Å². The smallest absolute Gasteiger partial charge is 0.111 e. The highest BCUT2D eigenvalue weighted by Crippen LogP contribution is 2.28. The molecule has 2 N–H and O–H groups in total. The number of H-pyrrole nitrogens is 1. The Balaban J connectivity index is 2.41. The second-order valence-corrected chi connectivity index (χ2v) is 4.16. The Kier molecular flexibility index (Phi) is 2.99. The van der Waals surface area contributed by atoms with Crippen molar-refractivity contribution in [1.29, 1.82) is 0 Å². The lowest BCUT2D eigenvalue weighted by atomic mass is 9.94. The molecule has 0 bridgehead atoms. The van der Waals surface area contributed by atoms with Gasteiger partial charge < -0.3 is 14.8 Å². The predicted molar refractivity (Wildman–Crippen MR) is 64.4 cm³/mol. The molecule has 1 aromatic heterocycles. The van der Waals surface area contributed by atoms with Crippen molar-refractivity contribution in [1.82, 2.24) is 4.98 Å². The van der Waals surface area contributed by atoms with Gasteiger partial charge in [0, 0.05) is 23.7 Å². The monoisotopic (exact) mass is 219 g/mol. The van der Waals surface area contributed by atoms with Gasteiger partial charge in [-0.2, -0.15) is 0 Å². The molecule has 0 saturated carbocycles. The van der Waals surface area contributed by atoms with E-state index in [0.717, 1.165) is 16.5 Å². The lowest BCUT2D eigenvalue weighted by molar-refractivity contribution is -0.0333. The fourth-order valence-electron chi connectivity index (χ4n) is 1.93. The third-order valence-electron chi connectivity index (χ3n) is 2.76.